The summed E-state index contributed by atoms with van der Waals surface area (Å²) in [7, 11) is 0. The summed E-state index contributed by atoms with van der Waals surface area (Å²) in [6.45, 7) is 0. The van der Waals surface area contributed by atoms with Crippen molar-refractivity contribution in [2.45, 2.75) is 0 Å². The second-order valence-corrected chi connectivity index (χ2v) is 0. The van der Waals surface area contributed by atoms with Crippen molar-refractivity contribution in [3.05, 3.63) is 0 Å². The summed E-state index contributed by atoms with van der Waals surface area (Å²) in [6.07, 6.45) is 0. The normalized spacial score (nSPS) is 0. The predicted molar refractivity (Wildman–Crippen MR) is 0 cm³/mol. The van der Waals surface area contributed by atoms with Crippen LogP contribution in [0.1, 0.15) is 0 Å². The molecule has 28 valence electrons. The zero-order chi connectivity index (χ0) is 0. The molecule has 0 saturated heterocycles. The van der Waals surface area contributed by atoms with E-state index in [0.717, 1.165) is 0 Å². The topological polar surface area (TPSA) is 0 Å². The van der Waals surface area contributed by atoms with Crippen LogP contribution in [0.5, 0.6) is 0 Å². The van der Waals surface area contributed by atoms with Crippen LogP contribution in [0.4, 0.5) is 0 Å². The van der Waals surface area contributed by atoms with Gasteiger partial charge in [0.2, 0.25) is 0 Å². The first-order valence-corrected chi connectivity index (χ1v) is 0. The van der Waals surface area contributed by atoms with Crippen LogP contribution < -0.4 is 0 Å². The fourth-order valence-electron chi connectivity index (χ4n) is 0. The number of hydrogen-bond acceptors (Lipinski definition) is 0. The van der Waals surface area contributed by atoms with E-state index in [1.807, 2.05) is 0 Å². The molecule has 0 unspecified atom stereocenters. The Balaban J connectivity index is 0. The smallest absolute Gasteiger partial charge is 0 e. The number of rotatable bonds is 0. The molecule has 0 aromatic heterocycles. The molecule has 0 rings (SSSR count). The van der Waals surface area contributed by atoms with Gasteiger partial charge in [-0.3, -0.25) is 0 Å². The van der Waals surface area contributed by atoms with Crippen LogP contribution in [0.25, 0.3) is 0 Å². The molecule has 0 bridgehead atoms. The predicted octanol–water partition coefficient (Wildman–Crippen LogP) is -0.0125. The molecule has 0 fully saturated rings. The van der Waals surface area contributed by atoms with Gasteiger partial charge in [-0.25, -0.2) is 0 Å². The van der Waals surface area contributed by atoms with Gasteiger partial charge in [0.25, 0.3) is 0 Å². The van der Waals surface area contributed by atoms with E-state index in [4.69, 9.17) is 0 Å². The first kappa shape index (κ1) is 41.3. The van der Waals surface area contributed by atoms with Crippen molar-refractivity contribution in [3.8, 4) is 0 Å². The van der Waals surface area contributed by atoms with Crippen LogP contribution in [-0.4, -0.2) is 0 Å². The molecule has 0 nitrogen and oxygen atoms in total. The van der Waals surface area contributed by atoms with Crippen molar-refractivity contribution in [2.75, 3.05) is 0 Å². The van der Waals surface area contributed by atoms with Gasteiger partial charge in [-0.05, 0) is 0 Å². The van der Waals surface area contributed by atoms with Crippen molar-refractivity contribution in [2.24, 2.45) is 0 Å². The molecular weight excluding hydrogens is 301 g/mol. The van der Waals surface area contributed by atoms with Gasteiger partial charge in [0.1, 0.15) is 0 Å². The van der Waals surface area contributed by atoms with Crippen molar-refractivity contribution in [1.29, 1.82) is 0 Å². The van der Waals surface area contributed by atoms with Crippen LogP contribution in [0.3, 0.4) is 0 Å². The molecule has 0 aliphatic rings. The van der Waals surface area contributed by atoms with Crippen molar-refractivity contribution in [1.82, 2.24) is 0 Å². The SMILES string of the molecule is [Fe].[Mn].[Ti].[V].[Zr]. The zero-order valence-electron chi connectivity index (χ0n) is 2.18. The van der Waals surface area contributed by atoms with Gasteiger partial charge in [-0.15, -0.1) is 0 Å². The van der Waals surface area contributed by atoms with Crippen LogP contribution in [0.15, 0.2) is 0 Å². The molecule has 0 N–H and O–H groups in total. The Morgan fingerprint density at radius 1 is 1.00 bits per heavy atom. The summed E-state index contributed by atoms with van der Waals surface area (Å²) in [4.78, 5) is 0. The van der Waals surface area contributed by atoms with Crippen LogP contribution in [-0.2, 0) is 101 Å². The Labute approximate surface area is 98.8 Å². The molecule has 0 aromatic carbocycles. The largest absolute Gasteiger partial charge is 0 e. The molecule has 0 atom stereocenters. The van der Waals surface area contributed by atoms with E-state index in [0.29, 0.717) is 0 Å². The summed E-state index contributed by atoms with van der Waals surface area (Å²) in [5, 5.41) is 0. The van der Waals surface area contributed by atoms with Gasteiger partial charge >= 0.3 is 0 Å². The summed E-state index contributed by atoms with van der Waals surface area (Å²) in [5.41, 5.74) is 0. The molecule has 0 heterocycles. The Morgan fingerprint density at radius 2 is 1.00 bits per heavy atom. The molecule has 0 saturated carbocycles. The van der Waals surface area contributed by atoms with Crippen LogP contribution in [0, 0.1) is 0 Å². The molecule has 5 heavy (non-hydrogen) atoms. The maximum atomic E-state index is 0. The Bertz CT molecular complexity index is 11.6. The zero-order valence-corrected chi connectivity index (χ0v) is 9.88. The first-order chi connectivity index (χ1) is 0. The quantitative estimate of drug-likeness (QED) is 0.552. The van der Waals surface area contributed by atoms with E-state index >= 15 is 0 Å². The first-order valence-electron chi connectivity index (χ1n) is 0. The van der Waals surface area contributed by atoms with Gasteiger partial charge in [0, 0.05) is 101 Å². The van der Waals surface area contributed by atoms with Gasteiger partial charge in [0.05, 0.1) is 0 Å². The van der Waals surface area contributed by atoms with Gasteiger partial charge in [0.15, 0.2) is 0 Å². The molecule has 2 radical (unpaired) electrons. The maximum Gasteiger partial charge on any atom is 0 e. The Kier molecular flexibility index (Phi) is 223. The average Bonchev–Trinajstić information content (AvgIpc) is 0. The number of hydrogen-bond donors (Lipinski definition) is 0. The maximum absolute atomic E-state index is 0. The molecule has 0 amide bonds. The minimum atomic E-state index is 0. The van der Waals surface area contributed by atoms with Crippen molar-refractivity contribution in [3.63, 3.8) is 0 Å². The standard InChI is InChI=1S/Fe.Mn.Ti.V.Zr. The summed E-state index contributed by atoms with van der Waals surface area (Å²) < 4.78 is 0. The third-order valence-corrected chi connectivity index (χ3v) is 0. The molecule has 5 heteroatoms. The van der Waals surface area contributed by atoms with Gasteiger partial charge in [-0.2, -0.15) is 0 Å². The summed E-state index contributed by atoms with van der Waals surface area (Å²) >= 11 is 0. The second-order valence-electron chi connectivity index (χ2n) is 0. The fraction of sp³-hybridized carbons (Fsp3) is 0. The minimum absolute atomic E-state index is 0. The van der Waals surface area contributed by atoms with E-state index in [2.05, 4.69) is 0 Å². The second kappa shape index (κ2) is 26.9. The summed E-state index contributed by atoms with van der Waals surface area (Å²) in [5.74, 6) is 0. The molecule has 0 aliphatic carbocycles. The Hall–Kier alpha value is 3.22. The average molecular weight is 301 g/mol. The third-order valence-electron chi connectivity index (χ3n) is 0. The molecule has 0 aliphatic heterocycles. The molecule has 0 spiro atoms. The molecular formula is FeMnTiVZr. The van der Waals surface area contributed by atoms with E-state index in [1.165, 1.54) is 0 Å². The van der Waals surface area contributed by atoms with Crippen molar-refractivity contribution < 1.29 is 101 Å². The van der Waals surface area contributed by atoms with Gasteiger partial charge in [-0.1, -0.05) is 0 Å². The van der Waals surface area contributed by atoms with Crippen LogP contribution >= 0.6 is 0 Å². The summed E-state index contributed by atoms with van der Waals surface area (Å²) in [6, 6.07) is 0. The minimum Gasteiger partial charge on any atom is 0 e. The van der Waals surface area contributed by atoms with Crippen LogP contribution in [0.2, 0.25) is 0 Å². The van der Waals surface area contributed by atoms with E-state index < -0.39 is 0 Å². The van der Waals surface area contributed by atoms with Crippen molar-refractivity contribution >= 4 is 0 Å². The van der Waals surface area contributed by atoms with E-state index in [1.54, 1.807) is 0 Å². The fourth-order valence-corrected chi connectivity index (χ4v) is 0. The van der Waals surface area contributed by atoms with E-state index in [9.17, 15) is 0 Å². The van der Waals surface area contributed by atoms with E-state index in [-0.39, 0.29) is 101 Å². The Morgan fingerprint density at radius 3 is 1.00 bits per heavy atom. The van der Waals surface area contributed by atoms with Gasteiger partial charge < -0.3 is 0 Å². The monoisotopic (exact) mass is 300 g/mol. The molecule has 0 aromatic rings. The third kappa shape index (κ3) is 19.0.